The topological polar surface area (TPSA) is 21.3 Å². The number of rotatable bonds is 5. The van der Waals surface area contributed by atoms with Crippen molar-refractivity contribution in [3.8, 4) is 5.75 Å². The molecule has 1 aromatic carbocycles. The van der Waals surface area contributed by atoms with E-state index in [1.807, 2.05) is 7.05 Å². The second kappa shape index (κ2) is 5.54. The molecule has 1 heterocycles. The third kappa shape index (κ3) is 2.47. The minimum atomic E-state index is 0.288. The molecular weight excluding hydrogens is 210 g/mol. The minimum Gasteiger partial charge on any atom is -0.488 e. The molecule has 1 aliphatic heterocycles. The highest BCUT2D eigenvalue weighted by atomic mass is 16.5. The Morgan fingerprint density at radius 1 is 1.29 bits per heavy atom. The van der Waals surface area contributed by atoms with E-state index in [4.69, 9.17) is 4.74 Å². The largest absolute Gasteiger partial charge is 0.488 e. The Kier molecular flexibility index (Phi) is 4.06. The summed E-state index contributed by atoms with van der Waals surface area (Å²) in [5.41, 5.74) is 2.78. The lowest BCUT2D eigenvalue weighted by atomic mass is 9.98. The van der Waals surface area contributed by atoms with Crippen LogP contribution in [0.25, 0.3) is 0 Å². The molecule has 94 valence electrons. The third-order valence-electron chi connectivity index (χ3n) is 3.59. The number of benzene rings is 1. The molecule has 0 amide bonds. The first-order valence-electron chi connectivity index (χ1n) is 6.76. The van der Waals surface area contributed by atoms with Gasteiger partial charge in [-0.1, -0.05) is 32.4 Å². The predicted molar refractivity (Wildman–Crippen MR) is 71.6 cm³/mol. The van der Waals surface area contributed by atoms with E-state index in [-0.39, 0.29) is 6.10 Å². The molecule has 1 aliphatic rings. The van der Waals surface area contributed by atoms with Crippen molar-refractivity contribution >= 4 is 0 Å². The van der Waals surface area contributed by atoms with E-state index < -0.39 is 0 Å². The van der Waals surface area contributed by atoms with Gasteiger partial charge in [-0.15, -0.1) is 0 Å². The first-order chi connectivity index (χ1) is 8.30. The maximum absolute atomic E-state index is 5.96. The fourth-order valence-electron chi connectivity index (χ4n) is 2.58. The van der Waals surface area contributed by atoms with E-state index >= 15 is 0 Å². The highest BCUT2D eigenvalue weighted by Gasteiger charge is 2.31. The van der Waals surface area contributed by atoms with Crippen molar-refractivity contribution < 1.29 is 4.74 Å². The van der Waals surface area contributed by atoms with Crippen molar-refractivity contribution in [3.63, 3.8) is 0 Å². The van der Waals surface area contributed by atoms with Gasteiger partial charge < -0.3 is 10.1 Å². The number of aryl methyl sites for hydroxylation is 1. The van der Waals surface area contributed by atoms with Crippen molar-refractivity contribution in [1.82, 2.24) is 5.32 Å². The van der Waals surface area contributed by atoms with Crippen LogP contribution in [-0.2, 0) is 6.42 Å². The van der Waals surface area contributed by atoms with Crippen LogP contribution in [0.5, 0.6) is 5.75 Å². The second-order valence-electron chi connectivity index (χ2n) is 4.81. The number of likely N-dealkylation sites (N-methyl/N-ethyl adjacent to an activating group) is 1. The maximum Gasteiger partial charge on any atom is 0.124 e. The maximum atomic E-state index is 5.96. The van der Waals surface area contributed by atoms with Crippen LogP contribution >= 0.6 is 0 Å². The number of unbranched alkanes of at least 4 members (excludes halogenated alkanes) is 1. The summed E-state index contributed by atoms with van der Waals surface area (Å²) in [6.45, 7) is 4.42. The smallest absolute Gasteiger partial charge is 0.124 e. The molecule has 1 N–H and O–H groups in total. The standard InChI is InChI=1S/C15H23NO/c1-4-6-7-11-8-9-14-12(10-11)15(16-3)13(5-2)17-14/h8-10,13,15-16H,4-7H2,1-3H3. The quantitative estimate of drug-likeness (QED) is 0.841. The lowest BCUT2D eigenvalue weighted by molar-refractivity contribution is 0.189. The monoisotopic (exact) mass is 233 g/mol. The highest BCUT2D eigenvalue weighted by Crippen LogP contribution is 2.38. The Labute approximate surface area is 104 Å². The molecule has 0 fully saturated rings. The lowest BCUT2D eigenvalue weighted by Crippen LogP contribution is -2.27. The van der Waals surface area contributed by atoms with Gasteiger partial charge >= 0.3 is 0 Å². The van der Waals surface area contributed by atoms with Gasteiger partial charge in [-0.3, -0.25) is 0 Å². The predicted octanol–water partition coefficient (Wildman–Crippen LogP) is 3.46. The van der Waals surface area contributed by atoms with Crippen LogP contribution in [0.1, 0.15) is 50.3 Å². The molecule has 0 aromatic heterocycles. The summed E-state index contributed by atoms with van der Waals surface area (Å²) < 4.78 is 5.96. The van der Waals surface area contributed by atoms with E-state index in [1.165, 1.54) is 30.4 Å². The zero-order valence-electron chi connectivity index (χ0n) is 11.1. The molecule has 2 unspecified atom stereocenters. The van der Waals surface area contributed by atoms with Gasteiger partial charge in [0, 0.05) is 5.56 Å². The Hall–Kier alpha value is -1.02. The summed E-state index contributed by atoms with van der Waals surface area (Å²) in [5, 5.41) is 3.38. The van der Waals surface area contributed by atoms with Gasteiger partial charge in [-0.2, -0.15) is 0 Å². The van der Waals surface area contributed by atoms with Crippen LogP contribution in [0.4, 0.5) is 0 Å². The van der Waals surface area contributed by atoms with Gasteiger partial charge in [0.25, 0.3) is 0 Å². The van der Waals surface area contributed by atoms with Crippen molar-refractivity contribution in [1.29, 1.82) is 0 Å². The number of fused-ring (bicyclic) bond motifs is 1. The van der Waals surface area contributed by atoms with Gasteiger partial charge in [0.15, 0.2) is 0 Å². The average molecular weight is 233 g/mol. The van der Waals surface area contributed by atoms with Crippen molar-refractivity contribution in [2.75, 3.05) is 7.05 Å². The summed E-state index contributed by atoms with van der Waals surface area (Å²) in [6, 6.07) is 7.03. The summed E-state index contributed by atoms with van der Waals surface area (Å²) in [4.78, 5) is 0. The molecule has 0 saturated carbocycles. The van der Waals surface area contributed by atoms with E-state index in [0.717, 1.165) is 12.2 Å². The number of hydrogen-bond acceptors (Lipinski definition) is 2. The van der Waals surface area contributed by atoms with Crippen molar-refractivity contribution in [2.24, 2.45) is 0 Å². The molecule has 0 spiro atoms. The van der Waals surface area contributed by atoms with Crippen LogP contribution in [0, 0.1) is 0 Å². The van der Waals surface area contributed by atoms with Gasteiger partial charge in [0.05, 0.1) is 6.04 Å². The van der Waals surface area contributed by atoms with E-state index in [9.17, 15) is 0 Å². The zero-order valence-corrected chi connectivity index (χ0v) is 11.1. The van der Waals surface area contributed by atoms with E-state index in [2.05, 4.69) is 37.4 Å². The van der Waals surface area contributed by atoms with Crippen LogP contribution in [0.15, 0.2) is 18.2 Å². The first-order valence-corrected chi connectivity index (χ1v) is 6.76. The molecule has 2 heteroatoms. The molecule has 2 atom stereocenters. The van der Waals surface area contributed by atoms with Crippen LogP contribution in [0.3, 0.4) is 0 Å². The molecule has 0 aliphatic carbocycles. The van der Waals surface area contributed by atoms with Crippen molar-refractivity contribution in [2.45, 2.75) is 51.7 Å². The van der Waals surface area contributed by atoms with Crippen molar-refractivity contribution in [3.05, 3.63) is 29.3 Å². The summed E-state index contributed by atoms with van der Waals surface area (Å²) in [5.74, 6) is 1.07. The number of nitrogens with one attached hydrogen (secondary N) is 1. The van der Waals surface area contributed by atoms with Crippen LogP contribution < -0.4 is 10.1 Å². The molecule has 2 rings (SSSR count). The Morgan fingerprint density at radius 3 is 2.76 bits per heavy atom. The molecule has 0 saturated heterocycles. The molecular formula is C15H23NO. The van der Waals surface area contributed by atoms with Gasteiger partial charge in [0.2, 0.25) is 0 Å². The normalized spacial score (nSPS) is 22.3. The summed E-state index contributed by atoms with van der Waals surface area (Å²) in [7, 11) is 2.02. The highest BCUT2D eigenvalue weighted by molar-refractivity contribution is 5.43. The lowest BCUT2D eigenvalue weighted by Gasteiger charge is -2.16. The zero-order chi connectivity index (χ0) is 12.3. The molecule has 1 aromatic rings. The Bertz CT molecular complexity index is 375. The van der Waals surface area contributed by atoms with E-state index in [0.29, 0.717) is 6.04 Å². The molecule has 17 heavy (non-hydrogen) atoms. The summed E-state index contributed by atoms with van der Waals surface area (Å²) in [6.07, 6.45) is 5.03. The molecule has 2 nitrogen and oxygen atoms in total. The van der Waals surface area contributed by atoms with Gasteiger partial charge in [-0.25, -0.2) is 0 Å². The number of hydrogen-bond donors (Lipinski definition) is 1. The number of ether oxygens (including phenoxy) is 1. The third-order valence-corrected chi connectivity index (χ3v) is 3.59. The summed E-state index contributed by atoms with van der Waals surface area (Å²) >= 11 is 0. The SMILES string of the molecule is CCCCc1ccc2c(c1)C(NC)C(CC)O2. The van der Waals surface area contributed by atoms with E-state index in [1.54, 1.807) is 0 Å². The Morgan fingerprint density at radius 2 is 2.12 bits per heavy atom. The van der Waals surface area contributed by atoms with Gasteiger partial charge in [-0.05, 0) is 37.9 Å². The first kappa shape index (κ1) is 12.4. The van der Waals surface area contributed by atoms with Gasteiger partial charge in [0.1, 0.15) is 11.9 Å². The minimum absolute atomic E-state index is 0.288. The second-order valence-corrected chi connectivity index (χ2v) is 4.81. The average Bonchev–Trinajstić information content (AvgIpc) is 2.72. The van der Waals surface area contributed by atoms with Crippen LogP contribution in [0.2, 0.25) is 0 Å². The molecule has 0 radical (unpaired) electrons. The Balaban J connectivity index is 2.21. The fraction of sp³-hybridized carbons (Fsp3) is 0.600. The molecule has 0 bridgehead atoms. The fourth-order valence-corrected chi connectivity index (χ4v) is 2.58. The van der Waals surface area contributed by atoms with Crippen LogP contribution in [-0.4, -0.2) is 13.2 Å².